The van der Waals surface area contributed by atoms with Crippen molar-refractivity contribution in [1.82, 2.24) is 0 Å². The van der Waals surface area contributed by atoms with Gasteiger partial charge in [0.05, 0.1) is 18.2 Å². The second-order valence-electron chi connectivity index (χ2n) is 3.53. The molecule has 1 aliphatic rings. The molecule has 0 saturated carbocycles. The first-order chi connectivity index (χ1) is 5.54. The Labute approximate surface area is 72.1 Å². The largest absolute Gasteiger partial charge is 0.330 e. The number of rotatable bonds is 2. The van der Waals surface area contributed by atoms with Crippen LogP contribution in [0.5, 0.6) is 0 Å². The Bertz CT molecular complexity index is 246. The zero-order valence-corrected chi connectivity index (χ0v) is 7.74. The Balaban J connectivity index is 2.79. The molecule has 0 radical (unpaired) electrons. The van der Waals surface area contributed by atoms with Crippen molar-refractivity contribution in [3.63, 3.8) is 0 Å². The van der Waals surface area contributed by atoms with Crippen LogP contribution in [-0.2, 0) is 9.84 Å². The summed E-state index contributed by atoms with van der Waals surface area (Å²) in [4.78, 5) is 0. The van der Waals surface area contributed by atoms with E-state index in [-0.39, 0.29) is 18.1 Å². The summed E-state index contributed by atoms with van der Waals surface area (Å²) in [5.74, 6) is 0.113. The molecule has 12 heavy (non-hydrogen) atoms. The molecule has 3 nitrogen and oxygen atoms in total. The summed E-state index contributed by atoms with van der Waals surface area (Å²) in [6.45, 7) is -0.495. The van der Waals surface area contributed by atoms with Gasteiger partial charge < -0.3 is 5.73 Å². The number of halogens is 1. The number of nitrogens with two attached hydrogens (primary N) is 1. The van der Waals surface area contributed by atoms with Crippen molar-refractivity contribution in [1.29, 1.82) is 0 Å². The van der Waals surface area contributed by atoms with Crippen LogP contribution in [0.1, 0.15) is 12.8 Å². The minimum Gasteiger partial charge on any atom is -0.330 e. The minimum absolute atomic E-state index is 0.0764. The van der Waals surface area contributed by atoms with E-state index < -0.39 is 21.9 Å². The van der Waals surface area contributed by atoms with Gasteiger partial charge in [-0.05, 0) is 12.8 Å². The smallest absolute Gasteiger partial charge is 0.151 e. The maximum absolute atomic E-state index is 12.5. The fourth-order valence-corrected chi connectivity index (χ4v) is 3.60. The highest BCUT2D eigenvalue weighted by atomic mass is 32.2. The van der Waals surface area contributed by atoms with Crippen molar-refractivity contribution in [2.24, 2.45) is 11.1 Å². The molecule has 0 amide bonds. The van der Waals surface area contributed by atoms with E-state index in [4.69, 9.17) is 5.73 Å². The third-order valence-corrected chi connectivity index (χ3v) is 4.37. The Morgan fingerprint density at radius 3 is 2.50 bits per heavy atom. The third kappa shape index (κ3) is 1.95. The lowest BCUT2D eigenvalue weighted by Gasteiger charge is -2.32. The van der Waals surface area contributed by atoms with Crippen LogP contribution in [0.15, 0.2) is 0 Å². The van der Waals surface area contributed by atoms with E-state index in [0.29, 0.717) is 12.8 Å². The summed E-state index contributed by atoms with van der Waals surface area (Å²) in [6.07, 6.45) is 1.14. The van der Waals surface area contributed by atoms with Gasteiger partial charge in [-0.3, -0.25) is 4.39 Å². The van der Waals surface area contributed by atoms with Crippen molar-refractivity contribution in [2.75, 3.05) is 24.7 Å². The summed E-state index contributed by atoms with van der Waals surface area (Å²) in [7, 11) is -3.03. The Hall–Kier alpha value is -0.160. The van der Waals surface area contributed by atoms with Crippen LogP contribution in [0.4, 0.5) is 4.39 Å². The summed E-state index contributed by atoms with van der Waals surface area (Å²) in [5.41, 5.74) is 4.58. The molecule has 5 heteroatoms. The lowest BCUT2D eigenvalue weighted by molar-refractivity contribution is 0.217. The van der Waals surface area contributed by atoms with Crippen molar-refractivity contribution < 1.29 is 12.8 Å². The van der Waals surface area contributed by atoms with Crippen molar-refractivity contribution in [3.8, 4) is 0 Å². The fraction of sp³-hybridized carbons (Fsp3) is 1.00. The highest BCUT2D eigenvalue weighted by molar-refractivity contribution is 7.91. The van der Waals surface area contributed by atoms with E-state index in [2.05, 4.69) is 0 Å². The predicted molar refractivity (Wildman–Crippen MR) is 45.4 cm³/mol. The molecule has 1 unspecified atom stereocenters. The van der Waals surface area contributed by atoms with E-state index in [1.807, 2.05) is 0 Å². The molecule has 1 rings (SSSR count). The van der Waals surface area contributed by atoms with Crippen molar-refractivity contribution in [2.45, 2.75) is 12.8 Å². The first-order valence-corrected chi connectivity index (χ1v) is 5.82. The third-order valence-electron chi connectivity index (χ3n) is 2.41. The van der Waals surface area contributed by atoms with Gasteiger partial charge in [-0.15, -0.1) is 0 Å². The quantitative estimate of drug-likeness (QED) is 0.680. The second kappa shape index (κ2) is 3.30. The average Bonchev–Trinajstić information content (AvgIpc) is 2.02. The first-order valence-electron chi connectivity index (χ1n) is 4.00. The zero-order chi connectivity index (χ0) is 9.24. The van der Waals surface area contributed by atoms with Crippen LogP contribution in [0.25, 0.3) is 0 Å². The van der Waals surface area contributed by atoms with Gasteiger partial charge in [0.2, 0.25) is 0 Å². The number of hydrogen-bond acceptors (Lipinski definition) is 3. The van der Waals surface area contributed by atoms with E-state index in [1.54, 1.807) is 0 Å². The summed E-state index contributed by atoms with van der Waals surface area (Å²) >= 11 is 0. The van der Waals surface area contributed by atoms with Gasteiger partial charge in [0.25, 0.3) is 0 Å². The summed E-state index contributed by atoms with van der Waals surface area (Å²) in [5, 5.41) is 0. The molecule has 0 aromatic rings. The molecule has 0 bridgehead atoms. The number of hydrogen-bond donors (Lipinski definition) is 1. The van der Waals surface area contributed by atoms with Gasteiger partial charge in [-0.1, -0.05) is 0 Å². The lowest BCUT2D eigenvalue weighted by Crippen LogP contribution is -2.43. The van der Waals surface area contributed by atoms with Crippen LogP contribution in [-0.4, -0.2) is 33.1 Å². The molecular formula is C7H14FNO2S. The molecule has 0 aromatic carbocycles. The normalized spacial score (nSPS) is 34.8. The van der Waals surface area contributed by atoms with Crippen LogP contribution in [0, 0.1) is 5.41 Å². The van der Waals surface area contributed by atoms with E-state index >= 15 is 0 Å². The molecule has 1 fully saturated rings. The van der Waals surface area contributed by atoms with Gasteiger partial charge in [-0.2, -0.15) is 0 Å². The van der Waals surface area contributed by atoms with Crippen molar-refractivity contribution >= 4 is 9.84 Å². The highest BCUT2D eigenvalue weighted by Gasteiger charge is 2.37. The van der Waals surface area contributed by atoms with Gasteiger partial charge in [-0.25, -0.2) is 8.42 Å². The molecule has 1 saturated heterocycles. The number of sulfone groups is 1. The Kier molecular flexibility index (Phi) is 2.73. The van der Waals surface area contributed by atoms with Crippen molar-refractivity contribution in [3.05, 3.63) is 0 Å². The first kappa shape index (κ1) is 9.92. The van der Waals surface area contributed by atoms with E-state index in [1.165, 1.54) is 0 Å². The molecule has 0 spiro atoms. The SMILES string of the molecule is NCC1(CF)CCCS(=O)(=O)C1. The fourth-order valence-electron chi connectivity index (χ4n) is 1.60. The van der Waals surface area contributed by atoms with Crippen LogP contribution in [0.2, 0.25) is 0 Å². The van der Waals surface area contributed by atoms with Crippen LogP contribution < -0.4 is 5.73 Å². The summed E-state index contributed by atoms with van der Waals surface area (Å²) in [6, 6.07) is 0. The molecule has 0 aromatic heterocycles. The molecule has 0 aliphatic carbocycles. The standard InChI is InChI=1S/C7H14FNO2S/c8-4-7(5-9)2-1-3-12(10,11)6-7/h1-6,9H2. The van der Waals surface area contributed by atoms with Gasteiger partial charge >= 0.3 is 0 Å². The molecular weight excluding hydrogens is 181 g/mol. The van der Waals surface area contributed by atoms with E-state index in [0.717, 1.165) is 0 Å². The number of alkyl halides is 1. The lowest BCUT2D eigenvalue weighted by atomic mass is 9.87. The average molecular weight is 195 g/mol. The molecule has 2 N–H and O–H groups in total. The van der Waals surface area contributed by atoms with Gasteiger partial charge in [0.15, 0.2) is 9.84 Å². The van der Waals surface area contributed by atoms with Gasteiger partial charge in [0, 0.05) is 12.0 Å². The Morgan fingerprint density at radius 1 is 1.50 bits per heavy atom. The summed E-state index contributed by atoms with van der Waals surface area (Å²) < 4.78 is 34.9. The minimum atomic E-state index is -3.03. The highest BCUT2D eigenvalue weighted by Crippen LogP contribution is 2.30. The van der Waals surface area contributed by atoms with Crippen LogP contribution >= 0.6 is 0 Å². The molecule has 1 aliphatic heterocycles. The monoisotopic (exact) mass is 195 g/mol. The van der Waals surface area contributed by atoms with Gasteiger partial charge in [0.1, 0.15) is 0 Å². The second-order valence-corrected chi connectivity index (χ2v) is 5.72. The zero-order valence-electron chi connectivity index (χ0n) is 6.92. The van der Waals surface area contributed by atoms with E-state index in [9.17, 15) is 12.8 Å². The predicted octanol–water partition coefficient (Wildman–Crippen LogP) is 0.110. The topological polar surface area (TPSA) is 60.2 Å². The maximum atomic E-state index is 12.5. The maximum Gasteiger partial charge on any atom is 0.151 e. The molecule has 72 valence electrons. The molecule has 1 heterocycles. The Morgan fingerprint density at radius 2 is 2.17 bits per heavy atom. The van der Waals surface area contributed by atoms with Crippen LogP contribution in [0.3, 0.4) is 0 Å². The molecule has 1 atom stereocenters.